The first kappa shape index (κ1) is 28.4. The number of quaternary nitrogens is 2. The molecule has 0 bridgehead atoms. The zero-order chi connectivity index (χ0) is 26.1. The summed E-state index contributed by atoms with van der Waals surface area (Å²) in [5.41, 5.74) is -3.00. The lowest BCUT2D eigenvalue weighted by Crippen LogP contribution is -2.49. The zero-order valence-electron chi connectivity index (χ0n) is 20.9. The first-order valence-corrected chi connectivity index (χ1v) is 12.4. The molecule has 2 aliphatic rings. The molecular weight excluding hydrogens is 458 g/mol. The molecule has 12 heteroatoms. The Bertz CT molecular complexity index is 831. The lowest BCUT2D eigenvalue weighted by atomic mass is 10.2. The molecule has 1 aromatic rings. The number of aromatic hydroxyl groups is 1. The maximum Gasteiger partial charge on any atom is 0.324 e. The average molecular weight is 498 g/mol. The molecule has 0 aromatic heterocycles. The minimum atomic E-state index is -1.21. The number of phenolic OH excluding ortho intramolecular Hbond substituents is 1. The fraction of sp³-hybridized carbons (Fsp3) is 0.739. The van der Waals surface area contributed by atoms with Gasteiger partial charge in [-0.15, -0.1) is 0 Å². The number of benzene rings is 1. The molecule has 1 aromatic carbocycles. The summed E-state index contributed by atoms with van der Waals surface area (Å²) in [6.07, 6.45) is 13.2. The van der Waals surface area contributed by atoms with Crippen molar-refractivity contribution in [1.82, 2.24) is 0 Å². The third-order valence-corrected chi connectivity index (χ3v) is 7.35. The summed E-state index contributed by atoms with van der Waals surface area (Å²) < 4.78 is 2.72. The Morgan fingerprint density at radius 3 is 1.31 bits per heavy atom. The van der Waals surface area contributed by atoms with E-state index < -0.39 is 37.6 Å². The number of non-ortho nitro benzene ring substituents is 1. The van der Waals surface area contributed by atoms with E-state index in [9.17, 15) is 30.3 Å². The van der Waals surface area contributed by atoms with E-state index in [1.165, 1.54) is 106 Å². The molecule has 1 N–H and O–H groups in total. The summed E-state index contributed by atoms with van der Waals surface area (Å²) in [5, 5.41) is 40.2. The molecule has 0 radical (unpaired) electrons. The second-order valence-corrected chi connectivity index (χ2v) is 10.4. The lowest BCUT2D eigenvalue weighted by Gasteiger charge is -2.37. The van der Waals surface area contributed by atoms with E-state index in [-0.39, 0.29) is 0 Å². The van der Waals surface area contributed by atoms with Crippen molar-refractivity contribution in [3.8, 4) is 5.75 Å². The van der Waals surface area contributed by atoms with Gasteiger partial charge in [-0.05, 0) is 51.4 Å². The predicted molar refractivity (Wildman–Crippen MR) is 131 cm³/mol. The highest BCUT2D eigenvalue weighted by molar-refractivity contribution is 5.64. The van der Waals surface area contributed by atoms with Crippen LogP contribution in [0.3, 0.4) is 0 Å². The van der Waals surface area contributed by atoms with Crippen LogP contribution < -0.4 is 0 Å². The second kappa shape index (κ2) is 12.7. The van der Waals surface area contributed by atoms with Gasteiger partial charge >= 0.3 is 11.4 Å². The van der Waals surface area contributed by atoms with Crippen LogP contribution in [-0.2, 0) is 0 Å². The van der Waals surface area contributed by atoms with Crippen molar-refractivity contribution in [3.63, 3.8) is 0 Å². The van der Waals surface area contributed by atoms with Crippen molar-refractivity contribution in [1.29, 1.82) is 0 Å². The van der Waals surface area contributed by atoms with Gasteiger partial charge in [0.05, 0.1) is 80.3 Å². The van der Waals surface area contributed by atoms with Gasteiger partial charge in [-0.25, -0.2) is 0 Å². The van der Waals surface area contributed by atoms with Crippen molar-refractivity contribution < 1.29 is 28.8 Å². The third kappa shape index (κ3) is 8.70. The standard InChI is InChI=1S/C17H36N2.C6H3N3O7/c1-18(12-7-3-4-8-13-18)16-11-17-19(2)14-9-5-6-10-15-19;10-6-4(8(13)14)1-3(7(11)12)2-5(6)9(15)16/h3-17H2,1-2H3;1-2,10H/q+2;. The summed E-state index contributed by atoms with van der Waals surface area (Å²) in [5.74, 6) is -1.21. The van der Waals surface area contributed by atoms with Crippen LogP contribution in [0.1, 0.15) is 57.8 Å². The van der Waals surface area contributed by atoms with Gasteiger partial charge in [-0.3, -0.25) is 30.3 Å². The van der Waals surface area contributed by atoms with Crippen LogP contribution in [0.2, 0.25) is 0 Å². The van der Waals surface area contributed by atoms with E-state index in [0.717, 1.165) is 0 Å². The Morgan fingerprint density at radius 1 is 0.686 bits per heavy atom. The van der Waals surface area contributed by atoms with Gasteiger partial charge in [0.2, 0.25) is 0 Å². The van der Waals surface area contributed by atoms with Gasteiger partial charge in [0.15, 0.2) is 0 Å². The van der Waals surface area contributed by atoms with Crippen LogP contribution in [-0.4, -0.2) is 82.2 Å². The lowest BCUT2D eigenvalue weighted by molar-refractivity contribution is -0.927. The Hall–Kier alpha value is -2.86. The fourth-order valence-corrected chi connectivity index (χ4v) is 5.16. The van der Waals surface area contributed by atoms with Gasteiger partial charge in [0, 0.05) is 6.42 Å². The summed E-state index contributed by atoms with van der Waals surface area (Å²) >= 11 is 0. The second-order valence-electron chi connectivity index (χ2n) is 10.4. The fourth-order valence-electron chi connectivity index (χ4n) is 5.16. The molecule has 3 rings (SSSR count). The van der Waals surface area contributed by atoms with Crippen molar-refractivity contribution in [2.45, 2.75) is 57.8 Å². The topological polar surface area (TPSA) is 150 Å². The van der Waals surface area contributed by atoms with Crippen LogP contribution in [0, 0.1) is 30.3 Å². The number of nitrogens with zero attached hydrogens (tertiary/aromatic N) is 5. The molecule has 0 saturated carbocycles. The molecule has 12 nitrogen and oxygen atoms in total. The monoisotopic (exact) mass is 497 g/mol. The number of nitro groups is 3. The van der Waals surface area contributed by atoms with Gasteiger partial charge < -0.3 is 14.1 Å². The Kier molecular flexibility index (Phi) is 10.3. The first-order valence-electron chi connectivity index (χ1n) is 12.4. The van der Waals surface area contributed by atoms with E-state index in [0.29, 0.717) is 12.1 Å². The molecule has 0 unspecified atom stereocenters. The molecule has 0 spiro atoms. The molecule has 0 amide bonds. The van der Waals surface area contributed by atoms with Crippen LogP contribution in [0.5, 0.6) is 5.75 Å². The van der Waals surface area contributed by atoms with Crippen LogP contribution in [0.15, 0.2) is 12.1 Å². The first-order chi connectivity index (χ1) is 16.5. The van der Waals surface area contributed by atoms with Crippen LogP contribution in [0.4, 0.5) is 17.1 Å². The van der Waals surface area contributed by atoms with Crippen molar-refractivity contribution in [2.24, 2.45) is 0 Å². The van der Waals surface area contributed by atoms with Crippen LogP contribution >= 0.6 is 0 Å². The summed E-state index contributed by atoms with van der Waals surface area (Å²) in [7, 11) is 5.02. The predicted octanol–water partition coefficient (Wildman–Crippen LogP) is 4.53. The third-order valence-electron chi connectivity index (χ3n) is 7.35. The average Bonchev–Trinajstić information content (AvgIpc) is 3.13. The number of nitro benzene ring substituents is 3. The summed E-state index contributed by atoms with van der Waals surface area (Å²) in [4.78, 5) is 27.8. The minimum Gasteiger partial charge on any atom is -0.497 e. The molecular formula is C23H39N5O7+2. The van der Waals surface area contributed by atoms with Gasteiger partial charge in [-0.1, -0.05) is 0 Å². The molecule has 2 aliphatic heterocycles. The largest absolute Gasteiger partial charge is 0.497 e. The number of rotatable bonds is 7. The zero-order valence-corrected chi connectivity index (χ0v) is 20.9. The van der Waals surface area contributed by atoms with E-state index in [1.807, 2.05) is 0 Å². The van der Waals surface area contributed by atoms with Gasteiger partial charge in [-0.2, -0.15) is 0 Å². The summed E-state index contributed by atoms with van der Waals surface area (Å²) in [6.45, 7) is 8.59. The molecule has 0 atom stereocenters. The normalized spacial score (nSPS) is 19.4. The Labute approximate surface area is 205 Å². The number of phenols is 1. The van der Waals surface area contributed by atoms with Crippen LogP contribution in [0.25, 0.3) is 0 Å². The smallest absolute Gasteiger partial charge is 0.324 e. The molecule has 2 heterocycles. The van der Waals surface area contributed by atoms with Gasteiger partial charge in [0.1, 0.15) is 0 Å². The van der Waals surface area contributed by atoms with E-state index in [1.54, 1.807) is 0 Å². The molecule has 196 valence electrons. The number of likely N-dealkylation sites (tertiary alicyclic amines) is 2. The highest BCUT2D eigenvalue weighted by Crippen LogP contribution is 2.39. The Balaban J connectivity index is 0.000000251. The van der Waals surface area contributed by atoms with E-state index in [4.69, 9.17) is 5.11 Å². The maximum absolute atomic E-state index is 10.4. The SMILES string of the molecule is C[N+]1(CCC[N+]2(C)CCCCCC2)CCCCCC1.O=[N+]([O-])c1cc([N+](=O)[O-])c(O)c([N+](=O)[O-])c1. The minimum absolute atomic E-state index is 0.447. The summed E-state index contributed by atoms with van der Waals surface area (Å²) in [6, 6.07) is 0.894. The molecule has 2 fully saturated rings. The molecule has 0 aliphatic carbocycles. The highest BCUT2D eigenvalue weighted by atomic mass is 16.6. The molecule has 2 saturated heterocycles. The van der Waals surface area contributed by atoms with Crippen molar-refractivity contribution in [3.05, 3.63) is 42.5 Å². The van der Waals surface area contributed by atoms with Crippen molar-refractivity contribution in [2.75, 3.05) is 53.4 Å². The van der Waals surface area contributed by atoms with Crippen molar-refractivity contribution >= 4 is 17.1 Å². The number of hydrogen-bond donors (Lipinski definition) is 1. The quantitative estimate of drug-likeness (QED) is 0.330. The van der Waals surface area contributed by atoms with E-state index >= 15 is 0 Å². The highest BCUT2D eigenvalue weighted by Gasteiger charge is 2.30. The molecule has 35 heavy (non-hydrogen) atoms. The van der Waals surface area contributed by atoms with Gasteiger partial charge in [0.25, 0.3) is 11.4 Å². The number of hydrogen-bond acceptors (Lipinski definition) is 7. The maximum atomic E-state index is 10.4. The van der Waals surface area contributed by atoms with E-state index in [2.05, 4.69) is 14.1 Å². The Morgan fingerprint density at radius 2 is 1.03 bits per heavy atom.